The van der Waals surface area contributed by atoms with Crippen molar-refractivity contribution in [2.24, 2.45) is 0 Å². The van der Waals surface area contributed by atoms with E-state index in [2.05, 4.69) is 10.0 Å². The highest BCUT2D eigenvalue weighted by atomic mass is 35.5. The summed E-state index contributed by atoms with van der Waals surface area (Å²) in [5.41, 5.74) is 0.554. The van der Waals surface area contributed by atoms with Crippen molar-refractivity contribution in [3.63, 3.8) is 0 Å². The van der Waals surface area contributed by atoms with Gasteiger partial charge in [-0.1, -0.05) is 18.5 Å². The third kappa shape index (κ3) is 4.54. The summed E-state index contributed by atoms with van der Waals surface area (Å²) in [6, 6.07) is 9.87. The second-order valence-electron chi connectivity index (χ2n) is 4.45. The lowest BCUT2D eigenvalue weighted by molar-refractivity contribution is -0.115. The molecule has 0 aliphatic rings. The van der Waals surface area contributed by atoms with Gasteiger partial charge in [-0.3, -0.25) is 4.79 Å². The number of rotatable bonds is 6. The Morgan fingerprint density at radius 1 is 1.18 bits per heavy atom. The quantitative estimate of drug-likeness (QED) is 0.833. The summed E-state index contributed by atoms with van der Waals surface area (Å²) in [6.07, 6.45) is 0.775. The molecule has 0 spiro atoms. The lowest BCUT2D eigenvalue weighted by Crippen LogP contribution is -2.32. The average molecular weight is 359 g/mol. The third-order valence-corrected chi connectivity index (χ3v) is 6.18. The fraction of sp³-hybridized carbons (Fsp3) is 0.214. The highest BCUT2D eigenvalue weighted by molar-refractivity contribution is 7.91. The van der Waals surface area contributed by atoms with Crippen LogP contribution in [0.15, 0.2) is 40.6 Å². The standard InChI is InChI=1S/C14H15ClN2O3S2/c1-2-12-7-8-14(21-12)22(19,20)16-9-13(18)17-11-5-3-10(15)4-6-11/h3-8,16H,2,9H2,1H3,(H,17,18). The van der Waals surface area contributed by atoms with Gasteiger partial charge in [0.2, 0.25) is 5.91 Å². The predicted octanol–water partition coefficient (Wildman–Crippen LogP) is 2.88. The van der Waals surface area contributed by atoms with Gasteiger partial charge < -0.3 is 5.32 Å². The minimum Gasteiger partial charge on any atom is -0.325 e. The van der Waals surface area contributed by atoms with Crippen LogP contribution in [0.1, 0.15) is 11.8 Å². The highest BCUT2D eigenvalue weighted by Gasteiger charge is 2.17. The van der Waals surface area contributed by atoms with Gasteiger partial charge in [0.25, 0.3) is 10.0 Å². The van der Waals surface area contributed by atoms with E-state index in [-0.39, 0.29) is 10.8 Å². The zero-order valence-corrected chi connectivity index (χ0v) is 14.2. The van der Waals surface area contributed by atoms with Gasteiger partial charge in [0.1, 0.15) is 4.21 Å². The summed E-state index contributed by atoms with van der Waals surface area (Å²) in [5.74, 6) is -0.446. The molecular weight excluding hydrogens is 344 g/mol. The lowest BCUT2D eigenvalue weighted by atomic mass is 10.3. The van der Waals surface area contributed by atoms with Crippen molar-refractivity contribution >= 4 is 44.6 Å². The van der Waals surface area contributed by atoms with Crippen LogP contribution in [0.4, 0.5) is 5.69 Å². The molecule has 22 heavy (non-hydrogen) atoms. The number of hydrogen-bond donors (Lipinski definition) is 2. The van der Waals surface area contributed by atoms with Gasteiger partial charge in [0.05, 0.1) is 6.54 Å². The van der Waals surface area contributed by atoms with E-state index in [1.165, 1.54) is 11.3 Å². The number of hydrogen-bond acceptors (Lipinski definition) is 4. The molecule has 8 heteroatoms. The number of anilines is 1. The van der Waals surface area contributed by atoms with Crippen LogP contribution in [0.2, 0.25) is 5.02 Å². The minimum absolute atomic E-state index is 0.212. The number of nitrogens with one attached hydrogen (secondary N) is 2. The average Bonchev–Trinajstić information content (AvgIpc) is 2.98. The van der Waals surface area contributed by atoms with Gasteiger partial charge in [-0.25, -0.2) is 13.1 Å². The van der Waals surface area contributed by atoms with E-state index in [1.54, 1.807) is 36.4 Å². The molecule has 0 bridgehead atoms. The number of aryl methyl sites for hydroxylation is 1. The smallest absolute Gasteiger partial charge is 0.250 e. The lowest BCUT2D eigenvalue weighted by Gasteiger charge is -2.06. The molecule has 2 N–H and O–H groups in total. The summed E-state index contributed by atoms with van der Waals surface area (Å²) in [7, 11) is -3.66. The van der Waals surface area contributed by atoms with E-state index < -0.39 is 15.9 Å². The fourth-order valence-corrected chi connectivity index (χ4v) is 4.11. The molecule has 0 unspecified atom stereocenters. The summed E-state index contributed by atoms with van der Waals surface area (Å²) in [4.78, 5) is 12.7. The van der Waals surface area contributed by atoms with Crippen LogP contribution < -0.4 is 10.0 Å². The zero-order chi connectivity index (χ0) is 16.2. The van der Waals surface area contributed by atoms with Crippen molar-refractivity contribution in [2.45, 2.75) is 17.6 Å². The van der Waals surface area contributed by atoms with Crippen LogP contribution in [0, 0.1) is 0 Å². The first-order valence-corrected chi connectivity index (χ1v) is 9.22. The van der Waals surface area contributed by atoms with E-state index in [0.717, 1.165) is 11.3 Å². The minimum atomic E-state index is -3.66. The van der Waals surface area contributed by atoms with E-state index in [9.17, 15) is 13.2 Å². The first kappa shape index (κ1) is 17.0. The number of carbonyl (C=O) groups is 1. The summed E-state index contributed by atoms with van der Waals surface area (Å²) in [5, 5.41) is 3.15. The normalized spacial score (nSPS) is 11.4. The first-order chi connectivity index (χ1) is 10.4. The topological polar surface area (TPSA) is 75.3 Å². The maximum absolute atomic E-state index is 12.1. The Morgan fingerprint density at radius 2 is 1.86 bits per heavy atom. The molecule has 1 aromatic heterocycles. The molecule has 0 aliphatic carbocycles. The molecule has 0 atom stereocenters. The van der Waals surface area contributed by atoms with Gasteiger partial charge in [-0.15, -0.1) is 11.3 Å². The largest absolute Gasteiger partial charge is 0.325 e. The molecule has 2 aromatic rings. The number of sulfonamides is 1. The molecule has 0 fully saturated rings. The monoisotopic (exact) mass is 358 g/mol. The highest BCUT2D eigenvalue weighted by Crippen LogP contribution is 2.21. The van der Waals surface area contributed by atoms with Crippen LogP contribution in [0.5, 0.6) is 0 Å². The maximum Gasteiger partial charge on any atom is 0.250 e. The van der Waals surface area contributed by atoms with Gasteiger partial charge in [0, 0.05) is 15.6 Å². The van der Waals surface area contributed by atoms with Crippen molar-refractivity contribution in [3.05, 3.63) is 46.3 Å². The molecule has 118 valence electrons. The Morgan fingerprint density at radius 3 is 2.45 bits per heavy atom. The van der Waals surface area contributed by atoms with Crippen molar-refractivity contribution in [3.8, 4) is 0 Å². The van der Waals surface area contributed by atoms with Crippen molar-refractivity contribution in [1.29, 1.82) is 0 Å². The SMILES string of the molecule is CCc1ccc(S(=O)(=O)NCC(=O)Nc2ccc(Cl)cc2)s1. The molecule has 0 radical (unpaired) electrons. The zero-order valence-electron chi connectivity index (χ0n) is 11.8. The number of carbonyl (C=O) groups excluding carboxylic acids is 1. The van der Waals surface area contributed by atoms with Crippen molar-refractivity contribution in [2.75, 3.05) is 11.9 Å². The Bertz CT molecular complexity index is 755. The summed E-state index contributed by atoms with van der Waals surface area (Å²) in [6.45, 7) is 1.62. The van der Waals surface area contributed by atoms with Gasteiger partial charge in [-0.05, 0) is 42.8 Å². The van der Waals surface area contributed by atoms with Crippen LogP contribution in [0.25, 0.3) is 0 Å². The molecule has 0 saturated carbocycles. The fourth-order valence-electron chi connectivity index (χ4n) is 1.66. The van der Waals surface area contributed by atoms with Crippen LogP contribution in [-0.2, 0) is 21.2 Å². The summed E-state index contributed by atoms with van der Waals surface area (Å²) >= 11 is 6.95. The number of amides is 1. The Balaban J connectivity index is 1.93. The molecule has 0 saturated heterocycles. The summed E-state index contributed by atoms with van der Waals surface area (Å²) < 4.78 is 26.6. The molecule has 1 heterocycles. The Kier molecular flexibility index (Phi) is 5.57. The third-order valence-electron chi connectivity index (χ3n) is 2.80. The van der Waals surface area contributed by atoms with Crippen LogP contribution >= 0.6 is 22.9 Å². The first-order valence-electron chi connectivity index (χ1n) is 6.54. The van der Waals surface area contributed by atoms with Crippen molar-refractivity contribution in [1.82, 2.24) is 4.72 Å². The second kappa shape index (κ2) is 7.23. The Labute approximate surface area is 138 Å². The van der Waals surface area contributed by atoms with E-state index >= 15 is 0 Å². The molecular formula is C14H15ClN2O3S2. The number of halogens is 1. The van der Waals surface area contributed by atoms with E-state index in [0.29, 0.717) is 10.7 Å². The van der Waals surface area contributed by atoms with Gasteiger partial charge >= 0.3 is 0 Å². The number of thiophene rings is 1. The van der Waals surface area contributed by atoms with Gasteiger partial charge in [-0.2, -0.15) is 0 Å². The second-order valence-corrected chi connectivity index (χ2v) is 8.05. The molecule has 0 aliphatic heterocycles. The molecule has 5 nitrogen and oxygen atoms in total. The van der Waals surface area contributed by atoms with Crippen LogP contribution in [-0.4, -0.2) is 20.9 Å². The Hall–Kier alpha value is -1.41. The van der Waals surface area contributed by atoms with Gasteiger partial charge in [0.15, 0.2) is 0 Å². The van der Waals surface area contributed by atoms with Crippen molar-refractivity contribution < 1.29 is 13.2 Å². The molecule has 1 aromatic carbocycles. The maximum atomic E-state index is 12.1. The van der Waals surface area contributed by atoms with E-state index in [4.69, 9.17) is 11.6 Å². The number of benzene rings is 1. The molecule has 1 amide bonds. The van der Waals surface area contributed by atoms with E-state index in [1.807, 2.05) is 6.92 Å². The molecule has 2 rings (SSSR count). The predicted molar refractivity (Wildman–Crippen MR) is 89.0 cm³/mol. The van der Waals surface area contributed by atoms with Crippen LogP contribution in [0.3, 0.4) is 0 Å².